The number of carbonyl (C=O) groups excluding carboxylic acids is 2. The molecule has 0 aliphatic carbocycles. The largest absolute Gasteiger partial charge is 0.507 e. The van der Waals surface area contributed by atoms with Crippen LogP contribution in [-0.4, -0.2) is 102 Å². The van der Waals surface area contributed by atoms with Crippen LogP contribution in [-0.2, 0) is 21.2 Å². The number of rotatable bonds is 7. The van der Waals surface area contributed by atoms with Crippen LogP contribution in [0.3, 0.4) is 0 Å². The zero-order valence-electron chi connectivity index (χ0n) is 26.7. The third kappa shape index (κ3) is 6.47. The lowest BCUT2D eigenvalue weighted by atomic mass is 9.89. The summed E-state index contributed by atoms with van der Waals surface area (Å²) in [5.41, 5.74) is 0.104. The van der Waals surface area contributed by atoms with Gasteiger partial charge in [-0.15, -0.1) is 0 Å². The molecule has 2 aromatic carbocycles. The zero-order chi connectivity index (χ0) is 35.6. The van der Waals surface area contributed by atoms with E-state index in [2.05, 4.69) is 19.8 Å². The van der Waals surface area contributed by atoms with Crippen molar-refractivity contribution in [3.63, 3.8) is 0 Å². The number of ether oxygens (including phenoxy) is 2. The summed E-state index contributed by atoms with van der Waals surface area (Å²) in [5, 5.41) is 12.7. The molecule has 2 N–H and O–H groups in total. The van der Waals surface area contributed by atoms with Crippen molar-refractivity contribution in [2.24, 2.45) is 4.99 Å². The fraction of sp³-hybridized carbons (Fsp3) is 0.531. The Kier molecular flexibility index (Phi) is 8.71. The van der Waals surface area contributed by atoms with Crippen molar-refractivity contribution in [3.05, 3.63) is 58.1 Å². The molecule has 17 heteroatoms. The number of fused-ring (bicyclic) bond motifs is 1. The maximum atomic E-state index is 13.7. The molecule has 49 heavy (non-hydrogen) atoms. The summed E-state index contributed by atoms with van der Waals surface area (Å²) in [7, 11) is -3.77. The molecule has 0 aromatic heterocycles. The molecule has 11 nitrogen and oxygen atoms in total. The van der Waals surface area contributed by atoms with Gasteiger partial charge >= 0.3 is 12.2 Å². The first-order chi connectivity index (χ1) is 22.9. The fourth-order valence-electron chi connectivity index (χ4n) is 6.65. The lowest BCUT2D eigenvalue weighted by Gasteiger charge is -2.36. The van der Waals surface area contributed by atoms with E-state index in [1.807, 2.05) is 0 Å². The standard InChI is InChI=1S/C32H35F5N4O7S/c1-19-15-22(27(42)40-10-6-29(44,18-33)7-11-40)16-20(2)23(19)5-14-49(45,46)41-12-8-30(9-13-41)28(43)38-26(39-30)21-3-4-24-25(17-21)48-32(36,37)31(34,35)47-24/h3-4,15-17,44H,5-14,18H2,1-2H3,(H,38,39,43). The summed E-state index contributed by atoms with van der Waals surface area (Å²) in [6.45, 7) is 3.18. The van der Waals surface area contributed by atoms with Gasteiger partial charge in [0.25, 0.3) is 11.8 Å². The highest BCUT2D eigenvalue weighted by Gasteiger charge is 2.66. The SMILES string of the molecule is Cc1cc(C(=O)N2CCC(O)(CF)CC2)cc(C)c1CCS(=O)(=O)N1CCC2(CC1)N=C(c1ccc3c(c1)OC(F)(F)C(F)(F)O3)NC2=O. The Hall–Kier alpha value is -3.83. The monoisotopic (exact) mass is 714 g/mol. The van der Waals surface area contributed by atoms with Gasteiger partial charge in [0.2, 0.25) is 10.0 Å². The van der Waals surface area contributed by atoms with Crippen LogP contribution in [0, 0.1) is 13.8 Å². The Labute approximate surface area is 279 Å². The number of carbonyl (C=O) groups is 2. The predicted molar refractivity (Wildman–Crippen MR) is 165 cm³/mol. The number of sulfonamides is 1. The molecule has 4 heterocycles. The van der Waals surface area contributed by atoms with Crippen LogP contribution in [0.2, 0.25) is 0 Å². The number of nitrogens with one attached hydrogen (secondary N) is 1. The van der Waals surface area contributed by atoms with E-state index in [9.17, 15) is 45.1 Å². The van der Waals surface area contributed by atoms with E-state index in [1.54, 1.807) is 30.9 Å². The molecule has 0 saturated carbocycles. The van der Waals surface area contributed by atoms with Crippen LogP contribution in [0.25, 0.3) is 0 Å². The number of alkyl halides is 5. The smallest absolute Gasteiger partial charge is 0.421 e. The molecule has 4 aliphatic heterocycles. The number of aliphatic hydroxyl groups is 1. The number of benzene rings is 2. The summed E-state index contributed by atoms with van der Waals surface area (Å²) < 4.78 is 104. The highest BCUT2D eigenvalue weighted by Crippen LogP contribution is 2.47. The number of nitrogens with zero attached hydrogens (tertiary/aromatic N) is 3. The van der Waals surface area contributed by atoms with Crippen molar-refractivity contribution in [3.8, 4) is 11.5 Å². The highest BCUT2D eigenvalue weighted by molar-refractivity contribution is 7.89. The second-order valence-electron chi connectivity index (χ2n) is 13.0. The van der Waals surface area contributed by atoms with E-state index in [0.29, 0.717) is 5.56 Å². The van der Waals surface area contributed by atoms with Crippen LogP contribution in [0.4, 0.5) is 22.0 Å². The van der Waals surface area contributed by atoms with Gasteiger partial charge < -0.3 is 24.8 Å². The fourth-order valence-corrected chi connectivity index (χ4v) is 8.11. The molecule has 2 aromatic rings. The van der Waals surface area contributed by atoms with E-state index in [1.165, 1.54) is 10.4 Å². The van der Waals surface area contributed by atoms with Gasteiger partial charge in [-0.05, 0) is 93.0 Å². The van der Waals surface area contributed by atoms with Crippen molar-refractivity contribution < 1.29 is 54.5 Å². The number of hydrogen-bond donors (Lipinski definition) is 2. The van der Waals surface area contributed by atoms with E-state index in [-0.39, 0.29) is 81.3 Å². The average Bonchev–Trinajstić information content (AvgIpc) is 3.35. The first-order valence-electron chi connectivity index (χ1n) is 15.7. The molecular weight excluding hydrogens is 679 g/mol. The number of aliphatic imine (C=N–C) groups is 1. The molecule has 2 saturated heterocycles. The molecule has 4 aliphatic rings. The van der Waals surface area contributed by atoms with E-state index in [4.69, 9.17) is 0 Å². The Morgan fingerprint density at radius 3 is 2.12 bits per heavy atom. The van der Waals surface area contributed by atoms with E-state index < -0.39 is 57.5 Å². The zero-order valence-corrected chi connectivity index (χ0v) is 27.5. The second-order valence-corrected chi connectivity index (χ2v) is 15.1. The summed E-state index contributed by atoms with van der Waals surface area (Å²) in [6, 6.07) is 6.67. The third-order valence-corrected chi connectivity index (χ3v) is 11.6. The van der Waals surface area contributed by atoms with Crippen molar-refractivity contribution in [2.75, 3.05) is 38.6 Å². The van der Waals surface area contributed by atoms with Crippen molar-refractivity contribution in [1.29, 1.82) is 0 Å². The molecule has 2 amide bonds. The number of piperidine rings is 2. The van der Waals surface area contributed by atoms with Gasteiger partial charge in [-0.1, -0.05) is 0 Å². The summed E-state index contributed by atoms with van der Waals surface area (Å²) >= 11 is 0. The van der Waals surface area contributed by atoms with Gasteiger partial charge in [-0.2, -0.15) is 17.6 Å². The van der Waals surface area contributed by atoms with Crippen molar-refractivity contribution in [2.45, 2.75) is 69.3 Å². The van der Waals surface area contributed by atoms with Crippen LogP contribution in [0.15, 0.2) is 35.3 Å². The number of aryl methyl sites for hydroxylation is 2. The maximum Gasteiger partial charge on any atom is 0.507 e. The Bertz CT molecular complexity index is 1800. The van der Waals surface area contributed by atoms with Crippen LogP contribution < -0.4 is 14.8 Å². The van der Waals surface area contributed by atoms with Crippen LogP contribution >= 0.6 is 0 Å². The minimum absolute atomic E-state index is 0.00258. The summed E-state index contributed by atoms with van der Waals surface area (Å²) in [4.78, 5) is 32.2. The van der Waals surface area contributed by atoms with E-state index in [0.717, 1.165) is 28.8 Å². The molecule has 0 bridgehead atoms. The maximum absolute atomic E-state index is 13.7. The first-order valence-corrected chi connectivity index (χ1v) is 17.3. The first kappa shape index (κ1) is 35.0. The predicted octanol–water partition coefficient (Wildman–Crippen LogP) is 3.48. The molecule has 0 radical (unpaired) electrons. The number of amides is 2. The number of likely N-dealkylation sites (tertiary alicyclic amines) is 1. The normalized spacial score (nSPS) is 22.5. The summed E-state index contributed by atoms with van der Waals surface area (Å²) in [5.74, 6) is -2.23. The number of amidine groups is 1. The quantitative estimate of drug-likeness (QED) is 0.419. The molecule has 1 spiro atoms. The van der Waals surface area contributed by atoms with Gasteiger partial charge in [0, 0.05) is 37.3 Å². The Balaban J connectivity index is 1.08. The Morgan fingerprint density at radius 1 is 0.939 bits per heavy atom. The molecule has 6 rings (SSSR count). The van der Waals surface area contributed by atoms with Gasteiger partial charge in [-0.25, -0.2) is 17.1 Å². The molecular formula is C32H35F5N4O7S. The Morgan fingerprint density at radius 2 is 1.53 bits per heavy atom. The van der Waals surface area contributed by atoms with Gasteiger partial charge in [-0.3, -0.25) is 14.6 Å². The minimum atomic E-state index is -4.92. The van der Waals surface area contributed by atoms with E-state index >= 15 is 0 Å². The van der Waals surface area contributed by atoms with Gasteiger partial charge in [0.1, 0.15) is 18.0 Å². The van der Waals surface area contributed by atoms with Crippen molar-refractivity contribution >= 4 is 27.7 Å². The van der Waals surface area contributed by atoms with Crippen LogP contribution in [0.1, 0.15) is 58.3 Å². The highest BCUT2D eigenvalue weighted by atomic mass is 32.2. The minimum Gasteiger partial charge on any atom is -0.421 e. The second kappa shape index (κ2) is 12.2. The molecule has 0 atom stereocenters. The molecule has 2 fully saturated rings. The molecule has 0 unspecified atom stereocenters. The summed E-state index contributed by atoms with van der Waals surface area (Å²) in [6.07, 6.45) is -9.22. The molecule has 266 valence electrons. The van der Waals surface area contributed by atoms with Gasteiger partial charge in [0.15, 0.2) is 11.5 Å². The topological polar surface area (TPSA) is 138 Å². The lowest BCUT2D eigenvalue weighted by molar-refractivity contribution is -0.391. The lowest BCUT2D eigenvalue weighted by Crippen LogP contribution is -2.52. The third-order valence-electron chi connectivity index (χ3n) is 9.74. The van der Waals surface area contributed by atoms with Crippen molar-refractivity contribution in [1.82, 2.24) is 14.5 Å². The average molecular weight is 715 g/mol. The van der Waals surface area contributed by atoms with Gasteiger partial charge in [0.05, 0.1) is 11.4 Å². The van der Waals surface area contributed by atoms with Crippen LogP contribution in [0.5, 0.6) is 11.5 Å². The number of halogens is 5. The number of hydrogen-bond acceptors (Lipinski definition) is 8.